The number of ether oxygens (including phenoxy) is 2. The molecule has 0 spiro atoms. The number of aliphatic carboxylic acids is 1. The second-order valence-electron chi connectivity index (χ2n) is 2.50. The Morgan fingerprint density at radius 3 is 2.15 bits per heavy atom. The van der Waals surface area contributed by atoms with Gasteiger partial charge in [-0.15, -0.1) is 0 Å². The van der Waals surface area contributed by atoms with Crippen LogP contribution in [-0.2, 0) is 14.3 Å². The number of carbonyl (C=O) groups excluding carboxylic acids is 1. The average molecular weight is 199 g/mol. The molecule has 1 saturated heterocycles. The van der Waals surface area contributed by atoms with E-state index in [4.69, 9.17) is 0 Å². The summed E-state index contributed by atoms with van der Waals surface area (Å²) in [6, 6.07) is 0. The largest absolute Gasteiger partial charge is 0.550 e. The van der Waals surface area contributed by atoms with E-state index in [1.54, 1.807) is 0 Å². The first-order valence-electron chi connectivity index (χ1n) is 3.42. The molecule has 0 radical (unpaired) electrons. The van der Waals surface area contributed by atoms with Gasteiger partial charge in [-0.25, -0.2) is 0 Å². The third-order valence-corrected chi connectivity index (χ3v) is 1.56. The summed E-state index contributed by atoms with van der Waals surface area (Å²) in [4.78, 5) is 10.0. The highest BCUT2D eigenvalue weighted by atomic mass is 19.4. The van der Waals surface area contributed by atoms with Crippen LogP contribution in [0, 0.1) is 0 Å². The fourth-order valence-electron chi connectivity index (χ4n) is 1.01. The number of halogens is 3. The van der Waals surface area contributed by atoms with Gasteiger partial charge in [-0.3, -0.25) is 0 Å². The van der Waals surface area contributed by atoms with Crippen molar-refractivity contribution >= 4 is 5.97 Å². The van der Waals surface area contributed by atoms with Crippen molar-refractivity contribution in [3.05, 3.63) is 0 Å². The zero-order valence-electron chi connectivity index (χ0n) is 6.39. The first-order chi connectivity index (χ1) is 5.87. The van der Waals surface area contributed by atoms with Crippen LogP contribution in [0.5, 0.6) is 0 Å². The number of hydrogen-bond donors (Lipinski definition) is 0. The lowest BCUT2D eigenvalue weighted by molar-refractivity contribution is -0.362. The molecule has 0 bridgehead atoms. The Morgan fingerprint density at radius 2 is 1.85 bits per heavy atom. The van der Waals surface area contributed by atoms with Crippen molar-refractivity contribution in [2.75, 3.05) is 13.2 Å². The van der Waals surface area contributed by atoms with E-state index in [-0.39, 0.29) is 13.2 Å². The van der Waals surface area contributed by atoms with E-state index in [0.29, 0.717) is 0 Å². The predicted molar refractivity (Wildman–Crippen MR) is 30.3 cm³/mol. The number of carboxylic acids is 1. The molecule has 76 valence electrons. The summed E-state index contributed by atoms with van der Waals surface area (Å²) in [5.74, 6) is -4.87. The maximum Gasteiger partial charge on any atom is 0.443 e. The van der Waals surface area contributed by atoms with Crippen molar-refractivity contribution in [1.82, 2.24) is 0 Å². The molecular weight excluding hydrogens is 193 g/mol. The Bertz CT molecular complexity index is 206. The van der Waals surface area contributed by atoms with Crippen LogP contribution < -0.4 is 5.11 Å². The van der Waals surface area contributed by atoms with Gasteiger partial charge in [-0.05, 0) is 0 Å². The van der Waals surface area contributed by atoms with Gasteiger partial charge in [0, 0.05) is 5.97 Å². The molecular formula is C6H6F3O4-. The zero-order chi connectivity index (χ0) is 10.1. The van der Waals surface area contributed by atoms with Gasteiger partial charge in [-0.1, -0.05) is 0 Å². The van der Waals surface area contributed by atoms with E-state index in [2.05, 4.69) is 9.47 Å². The summed E-state index contributed by atoms with van der Waals surface area (Å²) < 4.78 is 45.2. The minimum atomic E-state index is -4.86. The van der Waals surface area contributed by atoms with Crippen LogP contribution in [0.2, 0.25) is 0 Å². The molecule has 0 aliphatic carbocycles. The smallest absolute Gasteiger partial charge is 0.443 e. The number of rotatable bonds is 2. The van der Waals surface area contributed by atoms with Crippen molar-refractivity contribution in [2.45, 2.75) is 18.4 Å². The number of carbonyl (C=O) groups is 1. The molecule has 1 aliphatic heterocycles. The lowest BCUT2D eigenvalue weighted by Gasteiger charge is -2.29. The molecule has 1 heterocycles. The Morgan fingerprint density at radius 1 is 1.38 bits per heavy atom. The van der Waals surface area contributed by atoms with Crippen molar-refractivity contribution in [3.8, 4) is 0 Å². The molecule has 0 aromatic heterocycles. The highest BCUT2D eigenvalue weighted by molar-refractivity contribution is 5.65. The predicted octanol–water partition coefficient (Wildman–Crippen LogP) is -0.568. The van der Waals surface area contributed by atoms with Gasteiger partial charge in [0.2, 0.25) is 0 Å². The third-order valence-electron chi connectivity index (χ3n) is 1.56. The molecule has 1 fully saturated rings. The Labute approximate surface area is 71.2 Å². The van der Waals surface area contributed by atoms with Crippen LogP contribution in [0.25, 0.3) is 0 Å². The van der Waals surface area contributed by atoms with Gasteiger partial charge >= 0.3 is 6.18 Å². The maximum atomic E-state index is 12.2. The van der Waals surface area contributed by atoms with Gasteiger partial charge in [0.05, 0.1) is 19.6 Å². The van der Waals surface area contributed by atoms with Gasteiger partial charge in [0.25, 0.3) is 5.79 Å². The monoisotopic (exact) mass is 199 g/mol. The van der Waals surface area contributed by atoms with Gasteiger partial charge in [-0.2, -0.15) is 13.2 Å². The van der Waals surface area contributed by atoms with E-state index in [1.807, 2.05) is 0 Å². The van der Waals surface area contributed by atoms with Crippen molar-refractivity contribution in [3.63, 3.8) is 0 Å². The molecule has 1 rings (SSSR count). The maximum absolute atomic E-state index is 12.2. The molecule has 0 aromatic rings. The lowest BCUT2D eigenvalue weighted by Crippen LogP contribution is -2.50. The van der Waals surface area contributed by atoms with E-state index < -0.39 is 24.4 Å². The van der Waals surface area contributed by atoms with E-state index in [1.165, 1.54) is 0 Å². The van der Waals surface area contributed by atoms with Crippen LogP contribution in [0.15, 0.2) is 0 Å². The fourth-order valence-corrected chi connectivity index (χ4v) is 1.01. The lowest BCUT2D eigenvalue weighted by atomic mass is 10.2. The molecule has 0 saturated carbocycles. The van der Waals surface area contributed by atoms with Crippen molar-refractivity contribution in [2.24, 2.45) is 0 Å². The summed E-state index contributed by atoms with van der Waals surface area (Å²) in [5.41, 5.74) is 0. The normalized spacial score (nSPS) is 21.8. The quantitative estimate of drug-likeness (QED) is 0.597. The highest BCUT2D eigenvalue weighted by Crippen LogP contribution is 2.39. The van der Waals surface area contributed by atoms with Crippen molar-refractivity contribution in [1.29, 1.82) is 0 Å². The second-order valence-corrected chi connectivity index (χ2v) is 2.50. The van der Waals surface area contributed by atoms with Gasteiger partial charge in [0.1, 0.15) is 0 Å². The number of alkyl halides is 3. The molecule has 0 aromatic carbocycles. The summed E-state index contributed by atoms with van der Waals surface area (Å²) >= 11 is 0. The highest BCUT2D eigenvalue weighted by Gasteiger charge is 2.59. The fraction of sp³-hybridized carbons (Fsp3) is 0.833. The van der Waals surface area contributed by atoms with Crippen LogP contribution in [0.3, 0.4) is 0 Å². The number of carboxylic acid groups (broad SMARTS) is 1. The molecule has 7 heteroatoms. The minimum absolute atomic E-state index is 0.271. The second kappa shape index (κ2) is 3.15. The summed E-state index contributed by atoms with van der Waals surface area (Å²) in [5, 5.41) is 10.0. The SMILES string of the molecule is O=C([O-])CC1(C(F)(F)F)OCCO1. The van der Waals surface area contributed by atoms with E-state index >= 15 is 0 Å². The van der Waals surface area contributed by atoms with E-state index in [0.717, 1.165) is 0 Å². The van der Waals surface area contributed by atoms with E-state index in [9.17, 15) is 23.1 Å². The Balaban J connectivity index is 2.81. The average Bonchev–Trinajstić information content (AvgIpc) is 2.33. The van der Waals surface area contributed by atoms with Crippen LogP contribution in [0.4, 0.5) is 13.2 Å². The molecule has 0 N–H and O–H groups in total. The molecule has 13 heavy (non-hydrogen) atoms. The Kier molecular flexibility index (Phi) is 2.49. The molecule has 0 amide bonds. The summed E-state index contributed by atoms with van der Waals surface area (Å²) in [7, 11) is 0. The molecule has 1 aliphatic rings. The van der Waals surface area contributed by atoms with Gasteiger partial charge in [0.15, 0.2) is 0 Å². The molecule has 4 nitrogen and oxygen atoms in total. The van der Waals surface area contributed by atoms with Crippen LogP contribution >= 0.6 is 0 Å². The van der Waals surface area contributed by atoms with Crippen LogP contribution in [0.1, 0.15) is 6.42 Å². The summed E-state index contributed by atoms with van der Waals surface area (Å²) in [6.07, 6.45) is -6.19. The van der Waals surface area contributed by atoms with Crippen molar-refractivity contribution < 1.29 is 32.5 Å². The first-order valence-corrected chi connectivity index (χ1v) is 3.42. The van der Waals surface area contributed by atoms with Gasteiger partial charge < -0.3 is 19.4 Å². The zero-order valence-corrected chi connectivity index (χ0v) is 6.39. The summed E-state index contributed by atoms with van der Waals surface area (Å²) in [6.45, 7) is -0.542. The minimum Gasteiger partial charge on any atom is -0.550 e. The first kappa shape index (κ1) is 10.3. The number of hydrogen-bond acceptors (Lipinski definition) is 4. The third kappa shape index (κ3) is 1.92. The van der Waals surface area contributed by atoms with Crippen LogP contribution in [-0.4, -0.2) is 31.1 Å². The molecule has 0 unspecified atom stereocenters. The molecule has 0 atom stereocenters. The Hall–Kier alpha value is -0.820. The topological polar surface area (TPSA) is 58.6 Å². The standard InChI is InChI=1S/C6H7F3O4/c7-6(8,9)5(3-4(10)11)12-1-2-13-5/h1-3H2,(H,10,11)/p-1.